The van der Waals surface area contributed by atoms with E-state index in [9.17, 15) is 4.79 Å². The van der Waals surface area contributed by atoms with Crippen LogP contribution in [0.2, 0.25) is 0 Å². The van der Waals surface area contributed by atoms with Gasteiger partial charge in [-0.15, -0.1) is 0 Å². The summed E-state index contributed by atoms with van der Waals surface area (Å²) in [6, 6.07) is 43.2. The summed E-state index contributed by atoms with van der Waals surface area (Å²) >= 11 is 0. The monoisotopic (exact) mass is 533 g/mol. The van der Waals surface area contributed by atoms with Crippen molar-refractivity contribution < 1.29 is 19.0 Å². The average molecular weight is 534 g/mol. The number of benzene rings is 5. The number of hydrogen-bond acceptors (Lipinski definition) is 5. The van der Waals surface area contributed by atoms with Gasteiger partial charge in [-0.2, -0.15) is 0 Å². The van der Waals surface area contributed by atoms with Crippen LogP contribution in [0.3, 0.4) is 0 Å². The zero-order valence-corrected chi connectivity index (χ0v) is 22.6. The van der Waals surface area contributed by atoms with E-state index in [1.807, 2.05) is 72.8 Å². The molecule has 0 saturated carbocycles. The van der Waals surface area contributed by atoms with Crippen LogP contribution in [0.4, 0.5) is 5.69 Å². The molecule has 0 saturated heterocycles. The molecule has 0 amide bonds. The molecule has 0 aliphatic rings. The Hall–Kier alpha value is -4.60. The third kappa shape index (κ3) is 5.36. The maximum Gasteiger partial charge on any atom is 0.345 e. The molecule has 0 radical (unpaired) electrons. The highest BCUT2D eigenvalue weighted by atomic mass is 31.2. The van der Waals surface area contributed by atoms with Crippen LogP contribution < -0.4 is 30.1 Å². The molecule has 0 atom stereocenters. The SMILES string of the molecule is COc1ccc(OC(=O)c2ccccc2N=P(c2ccccc2)(c2ccccc2)c2ccccc2)cc1OC. The summed E-state index contributed by atoms with van der Waals surface area (Å²) in [6.07, 6.45) is 0. The van der Waals surface area contributed by atoms with Gasteiger partial charge in [-0.25, -0.2) is 4.79 Å². The third-order valence-corrected chi connectivity index (χ3v) is 9.99. The largest absolute Gasteiger partial charge is 0.493 e. The molecule has 39 heavy (non-hydrogen) atoms. The van der Waals surface area contributed by atoms with E-state index in [1.165, 1.54) is 7.11 Å². The Labute approximate surface area is 228 Å². The first-order valence-electron chi connectivity index (χ1n) is 12.5. The third-order valence-electron chi connectivity index (χ3n) is 6.34. The Balaban J connectivity index is 1.70. The number of carbonyl (C=O) groups is 1. The molecule has 0 spiro atoms. The van der Waals surface area contributed by atoms with Gasteiger partial charge in [0, 0.05) is 22.0 Å². The summed E-state index contributed by atoms with van der Waals surface area (Å²) in [6.45, 7) is 0. The van der Waals surface area contributed by atoms with Gasteiger partial charge in [-0.05, 0) is 24.3 Å². The van der Waals surface area contributed by atoms with E-state index < -0.39 is 13.0 Å². The van der Waals surface area contributed by atoms with Gasteiger partial charge in [0.05, 0.1) is 32.5 Å². The number of ether oxygens (including phenoxy) is 3. The minimum absolute atomic E-state index is 0.350. The van der Waals surface area contributed by atoms with Gasteiger partial charge in [0.15, 0.2) is 11.5 Å². The van der Waals surface area contributed by atoms with Crippen molar-refractivity contribution in [2.45, 2.75) is 0 Å². The van der Waals surface area contributed by atoms with E-state index in [4.69, 9.17) is 19.0 Å². The summed E-state index contributed by atoms with van der Waals surface area (Å²) in [5.41, 5.74) is 0.937. The zero-order chi connectivity index (χ0) is 27.1. The lowest BCUT2D eigenvalue weighted by atomic mass is 10.2. The summed E-state index contributed by atoms with van der Waals surface area (Å²) in [7, 11) is 0.531. The second-order valence-electron chi connectivity index (χ2n) is 8.67. The number of nitrogens with zero attached hydrogens (tertiary/aromatic N) is 1. The Kier molecular flexibility index (Phi) is 7.91. The second kappa shape index (κ2) is 11.8. The van der Waals surface area contributed by atoms with Crippen molar-refractivity contribution in [3.63, 3.8) is 0 Å². The molecule has 194 valence electrons. The minimum Gasteiger partial charge on any atom is -0.493 e. The predicted octanol–water partition coefficient (Wildman–Crippen LogP) is 6.73. The minimum atomic E-state index is -2.57. The van der Waals surface area contributed by atoms with Gasteiger partial charge in [-0.3, -0.25) is 4.74 Å². The highest BCUT2D eigenvalue weighted by molar-refractivity contribution is 7.87. The van der Waals surface area contributed by atoms with E-state index in [0.717, 1.165) is 15.9 Å². The lowest BCUT2D eigenvalue weighted by Crippen LogP contribution is -2.25. The molecule has 0 fully saturated rings. The fraction of sp³-hybridized carbons (Fsp3) is 0.0606. The molecular weight excluding hydrogens is 505 g/mol. The van der Waals surface area contributed by atoms with Crippen molar-refractivity contribution in [1.82, 2.24) is 0 Å². The number of hydrogen-bond donors (Lipinski definition) is 0. The van der Waals surface area contributed by atoms with Gasteiger partial charge in [0.25, 0.3) is 0 Å². The van der Waals surface area contributed by atoms with Gasteiger partial charge in [0.1, 0.15) is 5.75 Å². The molecule has 0 unspecified atom stereocenters. The summed E-state index contributed by atoms with van der Waals surface area (Å²) in [5.74, 6) is 0.871. The Morgan fingerprint density at radius 3 is 1.59 bits per heavy atom. The van der Waals surface area contributed by atoms with E-state index >= 15 is 0 Å². The number of methoxy groups -OCH3 is 2. The number of esters is 1. The highest BCUT2D eigenvalue weighted by Gasteiger charge is 2.28. The normalized spacial score (nSPS) is 10.9. The van der Waals surface area contributed by atoms with E-state index in [2.05, 4.69) is 36.4 Å². The van der Waals surface area contributed by atoms with Gasteiger partial charge < -0.3 is 14.2 Å². The molecule has 0 aliphatic heterocycles. The van der Waals surface area contributed by atoms with Crippen molar-refractivity contribution in [2.24, 2.45) is 4.74 Å². The first-order chi connectivity index (χ1) is 19.2. The Bertz CT molecular complexity index is 1520. The van der Waals surface area contributed by atoms with Crippen LogP contribution in [0.5, 0.6) is 17.2 Å². The molecule has 0 heterocycles. The molecule has 5 rings (SSSR count). The Morgan fingerprint density at radius 2 is 1.08 bits per heavy atom. The quantitative estimate of drug-likeness (QED) is 0.126. The first kappa shape index (κ1) is 26.0. The zero-order valence-electron chi connectivity index (χ0n) is 21.7. The molecule has 5 aromatic rings. The van der Waals surface area contributed by atoms with Crippen molar-refractivity contribution in [3.8, 4) is 17.2 Å². The molecule has 0 aromatic heterocycles. The summed E-state index contributed by atoms with van der Waals surface area (Å²) in [4.78, 5) is 13.5. The highest BCUT2D eigenvalue weighted by Crippen LogP contribution is 2.49. The average Bonchev–Trinajstić information content (AvgIpc) is 3.01. The van der Waals surface area contributed by atoms with Crippen LogP contribution in [0.15, 0.2) is 138 Å². The van der Waals surface area contributed by atoms with Crippen molar-refractivity contribution in [3.05, 3.63) is 139 Å². The number of rotatable bonds is 8. The first-order valence-corrected chi connectivity index (χ1v) is 14.2. The van der Waals surface area contributed by atoms with Crippen LogP contribution in [-0.4, -0.2) is 20.2 Å². The van der Waals surface area contributed by atoms with Crippen molar-refractivity contribution >= 4 is 34.6 Å². The predicted molar refractivity (Wildman–Crippen MR) is 158 cm³/mol. The topological polar surface area (TPSA) is 57.1 Å². The lowest BCUT2D eigenvalue weighted by Gasteiger charge is -2.27. The molecule has 0 N–H and O–H groups in total. The second-order valence-corrected chi connectivity index (χ2v) is 11.7. The fourth-order valence-corrected chi connectivity index (χ4v) is 8.04. The van der Waals surface area contributed by atoms with Gasteiger partial charge >= 0.3 is 5.97 Å². The molecule has 5 nitrogen and oxygen atoms in total. The van der Waals surface area contributed by atoms with Gasteiger partial charge in [0.2, 0.25) is 0 Å². The number of carbonyl (C=O) groups excluding carboxylic acids is 1. The standard InChI is InChI=1S/C33H28NO4P/c1-36-31-23-22-25(24-32(31)37-2)38-33(35)29-20-12-13-21-30(29)34-39(26-14-6-3-7-15-26,27-16-8-4-9-17-27)28-18-10-5-11-19-28/h3-24H,1-2H3. The summed E-state index contributed by atoms with van der Waals surface area (Å²) in [5, 5.41) is 3.27. The molecule has 5 aromatic carbocycles. The fourth-order valence-electron chi connectivity index (χ4n) is 4.49. The molecular formula is C33H28NO4P. The Morgan fingerprint density at radius 1 is 0.590 bits per heavy atom. The molecule has 0 bridgehead atoms. The maximum absolute atomic E-state index is 13.5. The molecule has 0 aliphatic carbocycles. The maximum atomic E-state index is 13.5. The van der Waals surface area contributed by atoms with E-state index in [1.54, 1.807) is 31.4 Å². The van der Waals surface area contributed by atoms with Gasteiger partial charge in [-0.1, -0.05) is 103 Å². The molecule has 6 heteroatoms. The van der Waals surface area contributed by atoms with E-state index in [0.29, 0.717) is 28.5 Å². The smallest absolute Gasteiger partial charge is 0.345 e. The lowest BCUT2D eigenvalue weighted by molar-refractivity contribution is 0.0735. The van der Waals surface area contributed by atoms with Crippen LogP contribution in [-0.2, 0) is 0 Å². The van der Waals surface area contributed by atoms with Crippen LogP contribution in [0.1, 0.15) is 10.4 Å². The summed E-state index contributed by atoms with van der Waals surface area (Å²) < 4.78 is 22.0. The van der Waals surface area contributed by atoms with Crippen molar-refractivity contribution in [2.75, 3.05) is 14.2 Å². The van der Waals surface area contributed by atoms with Crippen molar-refractivity contribution in [1.29, 1.82) is 0 Å². The van der Waals surface area contributed by atoms with Crippen LogP contribution >= 0.6 is 7.05 Å². The van der Waals surface area contributed by atoms with Crippen LogP contribution in [0.25, 0.3) is 0 Å². The van der Waals surface area contributed by atoms with E-state index in [-0.39, 0.29) is 0 Å². The van der Waals surface area contributed by atoms with Crippen LogP contribution in [0, 0.1) is 0 Å².